The molecule has 1 aromatic heterocycles. The molecule has 0 radical (unpaired) electrons. The molecule has 2 heterocycles. The lowest BCUT2D eigenvalue weighted by atomic mass is 9.98. The number of likely N-dealkylation sites (tertiary alicyclic amines) is 1. The van der Waals surface area contributed by atoms with Gasteiger partial charge in [-0.05, 0) is 56.6 Å². The van der Waals surface area contributed by atoms with Crippen molar-refractivity contribution in [1.29, 1.82) is 0 Å². The van der Waals surface area contributed by atoms with E-state index in [2.05, 4.69) is 11.4 Å². The molecule has 1 saturated heterocycles. The first-order valence-corrected chi connectivity index (χ1v) is 9.90. The van der Waals surface area contributed by atoms with Crippen LogP contribution in [0.1, 0.15) is 58.6 Å². The number of nitrogens with one attached hydrogen (secondary N) is 1. The Bertz CT molecular complexity index is 582. The number of hydrogen-bond donors (Lipinski definition) is 2. The molecule has 3 rings (SSSR count). The molecule has 140 valence electrons. The number of hydrogen-bond acceptors (Lipinski definition) is 4. The molecule has 0 aromatic carbocycles. The molecule has 2 amide bonds. The maximum atomic E-state index is 13.0. The molecule has 0 saturated carbocycles. The summed E-state index contributed by atoms with van der Waals surface area (Å²) in [6.07, 6.45) is 8.16. The highest BCUT2D eigenvalue weighted by Crippen LogP contribution is 2.31. The van der Waals surface area contributed by atoms with Crippen LogP contribution >= 0.6 is 23.7 Å². The van der Waals surface area contributed by atoms with Crippen LogP contribution in [-0.4, -0.2) is 42.4 Å². The molecule has 1 aliphatic heterocycles. The van der Waals surface area contributed by atoms with Crippen LogP contribution in [-0.2, 0) is 17.6 Å². The van der Waals surface area contributed by atoms with Crippen molar-refractivity contribution in [3.05, 3.63) is 21.4 Å². The number of carbonyl (C=O) groups excluding carboxylic acids is 2. The van der Waals surface area contributed by atoms with Gasteiger partial charge in [0.1, 0.15) is 0 Å². The number of thiophene rings is 1. The molecule has 0 spiro atoms. The number of aryl methyl sites for hydroxylation is 2. The molecule has 1 fully saturated rings. The van der Waals surface area contributed by atoms with Crippen molar-refractivity contribution in [3.8, 4) is 0 Å². The van der Waals surface area contributed by atoms with Gasteiger partial charge in [0.05, 0.1) is 4.88 Å². The van der Waals surface area contributed by atoms with E-state index in [-0.39, 0.29) is 30.3 Å². The number of amides is 2. The minimum Gasteiger partial charge on any atom is -0.354 e. The molecule has 3 N–H and O–H groups in total. The zero-order chi connectivity index (χ0) is 16.9. The van der Waals surface area contributed by atoms with Crippen molar-refractivity contribution < 1.29 is 9.59 Å². The normalized spacial score (nSPS) is 19.7. The highest BCUT2D eigenvalue weighted by atomic mass is 35.5. The van der Waals surface area contributed by atoms with Gasteiger partial charge < -0.3 is 16.0 Å². The Balaban J connectivity index is 0.00000225. The first-order valence-electron chi connectivity index (χ1n) is 9.08. The lowest BCUT2D eigenvalue weighted by molar-refractivity contribution is -0.121. The van der Waals surface area contributed by atoms with Crippen molar-refractivity contribution in [2.75, 3.05) is 19.6 Å². The van der Waals surface area contributed by atoms with E-state index >= 15 is 0 Å². The van der Waals surface area contributed by atoms with Crippen LogP contribution in [0.5, 0.6) is 0 Å². The third kappa shape index (κ3) is 4.96. The van der Waals surface area contributed by atoms with Gasteiger partial charge in [0.25, 0.3) is 5.91 Å². The number of carbonyl (C=O) groups is 2. The maximum absolute atomic E-state index is 13.0. The van der Waals surface area contributed by atoms with Crippen molar-refractivity contribution in [1.82, 2.24) is 10.2 Å². The van der Waals surface area contributed by atoms with Gasteiger partial charge in [-0.15, -0.1) is 23.7 Å². The average Bonchev–Trinajstić information content (AvgIpc) is 3.04. The maximum Gasteiger partial charge on any atom is 0.264 e. The predicted octanol–water partition coefficient (Wildman–Crippen LogP) is 2.51. The summed E-state index contributed by atoms with van der Waals surface area (Å²) in [4.78, 5) is 28.9. The molecule has 7 heteroatoms. The SMILES string of the molecule is Cl.NCCC(=O)NCC1CCCCN1C(=O)c1cc2c(s1)CCCC2. The van der Waals surface area contributed by atoms with E-state index in [9.17, 15) is 9.59 Å². The summed E-state index contributed by atoms with van der Waals surface area (Å²) in [5.41, 5.74) is 6.79. The van der Waals surface area contributed by atoms with E-state index in [4.69, 9.17) is 5.73 Å². The Morgan fingerprint density at radius 3 is 2.80 bits per heavy atom. The van der Waals surface area contributed by atoms with Crippen LogP contribution < -0.4 is 11.1 Å². The molecule has 1 unspecified atom stereocenters. The fourth-order valence-electron chi connectivity index (χ4n) is 3.67. The molecular formula is C18H28ClN3O2S. The minimum absolute atomic E-state index is 0. The fraction of sp³-hybridized carbons (Fsp3) is 0.667. The topological polar surface area (TPSA) is 75.4 Å². The minimum atomic E-state index is -0.0259. The van der Waals surface area contributed by atoms with Gasteiger partial charge in [-0.2, -0.15) is 0 Å². The van der Waals surface area contributed by atoms with Gasteiger partial charge in [-0.1, -0.05) is 0 Å². The summed E-state index contributed by atoms with van der Waals surface area (Å²) >= 11 is 1.68. The summed E-state index contributed by atoms with van der Waals surface area (Å²) in [6.45, 7) is 1.69. The molecule has 0 bridgehead atoms. The summed E-state index contributed by atoms with van der Waals surface area (Å²) in [5, 5.41) is 2.93. The highest BCUT2D eigenvalue weighted by molar-refractivity contribution is 7.14. The van der Waals surface area contributed by atoms with Crippen LogP contribution in [0.15, 0.2) is 6.07 Å². The van der Waals surface area contributed by atoms with E-state index in [1.54, 1.807) is 11.3 Å². The van der Waals surface area contributed by atoms with Gasteiger partial charge in [-0.3, -0.25) is 9.59 Å². The Kier molecular flexibility index (Phi) is 7.72. The third-order valence-electron chi connectivity index (χ3n) is 5.00. The van der Waals surface area contributed by atoms with Crippen molar-refractivity contribution in [3.63, 3.8) is 0 Å². The standard InChI is InChI=1S/C18H27N3O2S.ClH/c19-9-8-17(22)20-12-14-6-3-4-10-21(14)18(23)16-11-13-5-1-2-7-15(13)24-16;/h11,14H,1-10,12,19H2,(H,20,22);1H. The largest absolute Gasteiger partial charge is 0.354 e. The van der Waals surface area contributed by atoms with Crippen molar-refractivity contribution in [2.45, 2.75) is 57.4 Å². The number of nitrogens with two attached hydrogens (primary N) is 1. The molecule has 1 aromatic rings. The summed E-state index contributed by atoms with van der Waals surface area (Å²) in [6, 6.07) is 2.22. The average molecular weight is 386 g/mol. The van der Waals surface area contributed by atoms with Crippen LogP contribution in [0, 0.1) is 0 Å². The predicted molar refractivity (Wildman–Crippen MR) is 104 cm³/mol. The second-order valence-electron chi connectivity index (χ2n) is 6.76. The number of halogens is 1. The molecular weight excluding hydrogens is 358 g/mol. The lowest BCUT2D eigenvalue weighted by Crippen LogP contribution is -2.49. The summed E-state index contributed by atoms with van der Waals surface area (Å²) < 4.78 is 0. The summed E-state index contributed by atoms with van der Waals surface area (Å²) in [5.74, 6) is 0.120. The van der Waals surface area contributed by atoms with Gasteiger partial charge >= 0.3 is 0 Å². The van der Waals surface area contributed by atoms with Crippen LogP contribution in [0.4, 0.5) is 0 Å². The van der Waals surface area contributed by atoms with E-state index in [1.807, 2.05) is 4.90 Å². The van der Waals surface area contributed by atoms with Crippen LogP contribution in [0.2, 0.25) is 0 Å². The van der Waals surface area contributed by atoms with E-state index in [1.165, 1.54) is 23.3 Å². The first kappa shape index (κ1) is 20.2. The zero-order valence-electron chi connectivity index (χ0n) is 14.6. The monoisotopic (exact) mass is 385 g/mol. The molecule has 2 aliphatic rings. The second kappa shape index (κ2) is 9.55. The second-order valence-corrected chi connectivity index (χ2v) is 7.89. The number of nitrogens with zero attached hydrogens (tertiary/aromatic N) is 1. The molecule has 25 heavy (non-hydrogen) atoms. The Morgan fingerprint density at radius 2 is 2.04 bits per heavy atom. The highest BCUT2D eigenvalue weighted by Gasteiger charge is 2.29. The fourth-order valence-corrected chi connectivity index (χ4v) is 4.88. The lowest BCUT2D eigenvalue weighted by Gasteiger charge is -2.35. The van der Waals surface area contributed by atoms with E-state index in [0.717, 1.165) is 43.5 Å². The summed E-state index contributed by atoms with van der Waals surface area (Å²) in [7, 11) is 0. The Morgan fingerprint density at radius 1 is 1.24 bits per heavy atom. The van der Waals surface area contributed by atoms with Gasteiger partial charge in [0.15, 0.2) is 0 Å². The smallest absolute Gasteiger partial charge is 0.264 e. The molecule has 1 atom stereocenters. The zero-order valence-corrected chi connectivity index (χ0v) is 16.2. The van der Waals surface area contributed by atoms with Gasteiger partial charge in [0.2, 0.25) is 5.91 Å². The van der Waals surface area contributed by atoms with Gasteiger partial charge in [0, 0.05) is 37.0 Å². The van der Waals surface area contributed by atoms with Crippen molar-refractivity contribution >= 4 is 35.6 Å². The number of rotatable bonds is 5. The molecule has 5 nitrogen and oxygen atoms in total. The van der Waals surface area contributed by atoms with E-state index < -0.39 is 0 Å². The first-order chi connectivity index (χ1) is 11.7. The Labute approximate surface area is 159 Å². The van der Waals surface area contributed by atoms with Crippen LogP contribution in [0.25, 0.3) is 0 Å². The van der Waals surface area contributed by atoms with Crippen LogP contribution in [0.3, 0.4) is 0 Å². The number of piperidine rings is 1. The van der Waals surface area contributed by atoms with Crippen molar-refractivity contribution in [2.24, 2.45) is 5.73 Å². The quantitative estimate of drug-likeness (QED) is 0.817. The van der Waals surface area contributed by atoms with Gasteiger partial charge in [-0.25, -0.2) is 0 Å². The molecule has 1 aliphatic carbocycles. The Hall–Kier alpha value is -1.11. The number of fused-ring (bicyclic) bond motifs is 1. The third-order valence-corrected chi connectivity index (χ3v) is 6.23. The van der Waals surface area contributed by atoms with E-state index in [0.29, 0.717) is 19.5 Å².